The molecule has 0 bridgehead atoms. The summed E-state index contributed by atoms with van der Waals surface area (Å²) in [4.78, 5) is 15.0. The largest absolute Gasteiger partial charge is 0.337 e. The third-order valence-electron chi connectivity index (χ3n) is 5.30. The first kappa shape index (κ1) is 20.3. The first-order valence-electron chi connectivity index (χ1n) is 9.76. The summed E-state index contributed by atoms with van der Waals surface area (Å²) in [6.45, 7) is 3.30. The normalized spacial score (nSPS) is 15.9. The van der Waals surface area contributed by atoms with Gasteiger partial charge in [-0.1, -0.05) is 18.2 Å². The standard InChI is InChI=1S/C20H24N6O3S/c1-16-19(14-22-26(16)17-7-4-3-5-8-17)20(27)24-9-6-10-25(12-11-24)30(28,29)18-13-21-23(2)15-18/h3-5,7-8,13-15H,6,9-12H2,1-2H3. The van der Waals surface area contributed by atoms with E-state index >= 15 is 0 Å². The predicted molar refractivity (Wildman–Crippen MR) is 111 cm³/mol. The molecule has 0 saturated carbocycles. The van der Waals surface area contributed by atoms with Gasteiger partial charge in [-0.05, 0) is 25.5 Å². The van der Waals surface area contributed by atoms with E-state index in [0.717, 1.165) is 11.4 Å². The molecule has 0 radical (unpaired) electrons. The van der Waals surface area contributed by atoms with Crippen LogP contribution >= 0.6 is 0 Å². The van der Waals surface area contributed by atoms with Gasteiger partial charge in [0.25, 0.3) is 5.91 Å². The van der Waals surface area contributed by atoms with E-state index in [0.29, 0.717) is 31.6 Å². The lowest BCUT2D eigenvalue weighted by Gasteiger charge is -2.21. The average molecular weight is 429 g/mol. The molecule has 9 nitrogen and oxygen atoms in total. The average Bonchev–Trinajstić information content (AvgIpc) is 3.25. The molecule has 4 rings (SSSR count). The van der Waals surface area contributed by atoms with Crippen molar-refractivity contribution < 1.29 is 13.2 Å². The molecule has 2 aromatic heterocycles. The Morgan fingerprint density at radius 3 is 2.47 bits per heavy atom. The van der Waals surface area contributed by atoms with Gasteiger partial charge in [-0.25, -0.2) is 13.1 Å². The maximum absolute atomic E-state index is 13.1. The highest BCUT2D eigenvalue weighted by atomic mass is 32.2. The van der Waals surface area contributed by atoms with Crippen LogP contribution in [-0.2, 0) is 17.1 Å². The van der Waals surface area contributed by atoms with E-state index in [1.807, 2.05) is 37.3 Å². The van der Waals surface area contributed by atoms with Crippen LogP contribution in [0.3, 0.4) is 0 Å². The molecule has 0 unspecified atom stereocenters. The van der Waals surface area contributed by atoms with E-state index in [1.165, 1.54) is 21.4 Å². The van der Waals surface area contributed by atoms with Crippen molar-refractivity contribution in [1.82, 2.24) is 28.8 Å². The Labute approximate surface area is 175 Å². The van der Waals surface area contributed by atoms with Crippen LogP contribution in [0, 0.1) is 6.92 Å². The fourth-order valence-electron chi connectivity index (χ4n) is 3.64. The third-order valence-corrected chi connectivity index (χ3v) is 7.15. The van der Waals surface area contributed by atoms with Gasteiger partial charge < -0.3 is 4.90 Å². The van der Waals surface area contributed by atoms with E-state index in [2.05, 4.69) is 10.2 Å². The Balaban J connectivity index is 1.50. The van der Waals surface area contributed by atoms with Crippen molar-refractivity contribution in [3.63, 3.8) is 0 Å². The summed E-state index contributed by atoms with van der Waals surface area (Å²) in [7, 11) is -1.94. The second kappa shape index (κ2) is 8.04. The Morgan fingerprint density at radius 1 is 1.00 bits per heavy atom. The molecular weight excluding hydrogens is 404 g/mol. The van der Waals surface area contributed by atoms with E-state index < -0.39 is 10.0 Å². The third kappa shape index (κ3) is 3.75. The number of benzene rings is 1. The Hall–Kier alpha value is -2.98. The molecule has 0 N–H and O–H groups in total. The van der Waals surface area contributed by atoms with Gasteiger partial charge in [-0.3, -0.25) is 9.48 Å². The number of sulfonamides is 1. The van der Waals surface area contributed by atoms with Gasteiger partial charge in [0, 0.05) is 39.4 Å². The molecule has 3 aromatic rings. The van der Waals surface area contributed by atoms with Crippen molar-refractivity contribution in [2.24, 2.45) is 7.05 Å². The van der Waals surface area contributed by atoms with Crippen molar-refractivity contribution in [2.45, 2.75) is 18.2 Å². The van der Waals surface area contributed by atoms with Crippen molar-refractivity contribution in [1.29, 1.82) is 0 Å². The van der Waals surface area contributed by atoms with Gasteiger partial charge in [-0.2, -0.15) is 14.5 Å². The van der Waals surface area contributed by atoms with E-state index in [1.54, 1.807) is 22.8 Å². The lowest BCUT2D eigenvalue weighted by atomic mass is 10.2. The highest BCUT2D eigenvalue weighted by Gasteiger charge is 2.30. The number of hydrogen-bond donors (Lipinski definition) is 0. The fraction of sp³-hybridized carbons (Fsp3) is 0.350. The molecule has 0 spiro atoms. The summed E-state index contributed by atoms with van der Waals surface area (Å²) in [5.41, 5.74) is 2.18. The van der Waals surface area contributed by atoms with Gasteiger partial charge in [0.15, 0.2) is 0 Å². The van der Waals surface area contributed by atoms with Crippen molar-refractivity contribution in [3.05, 3.63) is 60.2 Å². The molecular formula is C20H24N6O3S. The van der Waals surface area contributed by atoms with E-state index in [9.17, 15) is 13.2 Å². The van der Waals surface area contributed by atoms with Gasteiger partial charge in [0.1, 0.15) is 4.90 Å². The van der Waals surface area contributed by atoms with Gasteiger partial charge in [0.2, 0.25) is 10.0 Å². The summed E-state index contributed by atoms with van der Waals surface area (Å²) in [5, 5.41) is 8.33. The first-order chi connectivity index (χ1) is 14.4. The quantitative estimate of drug-likeness (QED) is 0.627. The van der Waals surface area contributed by atoms with E-state index in [-0.39, 0.29) is 17.3 Å². The topological polar surface area (TPSA) is 93.3 Å². The maximum atomic E-state index is 13.1. The Morgan fingerprint density at radius 2 is 1.77 bits per heavy atom. The molecule has 158 valence electrons. The van der Waals surface area contributed by atoms with Crippen LogP contribution in [0.5, 0.6) is 0 Å². The SMILES string of the molecule is Cc1c(C(=O)N2CCCN(S(=O)(=O)c3cnn(C)c3)CC2)cnn1-c1ccccc1. The minimum absolute atomic E-state index is 0.129. The number of nitrogens with zero attached hydrogens (tertiary/aromatic N) is 6. The second-order valence-electron chi connectivity index (χ2n) is 7.29. The van der Waals surface area contributed by atoms with E-state index in [4.69, 9.17) is 0 Å². The van der Waals surface area contributed by atoms with Crippen LogP contribution < -0.4 is 0 Å². The van der Waals surface area contributed by atoms with Crippen LogP contribution in [0.15, 0.2) is 53.8 Å². The highest BCUT2D eigenvalue weighted by molar-refractivity contribution is 7.89. The summed E-state index contributed by atoms with van der Waals surface area (Å²) >= 11 is 0. The van der Waals surface area contributed by atoms with Crippen LogP contribution in [0.25, 0.3) is 5.69 Å². The van der Waals surface area contributed by atoms with Crippen molar-refractivity contribution in [3.8, 4) is 5.69 Å². The van der Waals surface area contributed by atoms with Crippen LogP contribution in [0.1, 0.15) is 22.5 Å². The number of carbonyl (C=O) groups excluding carboxylic acids is 1. The Kier molecular flexibility index (Phi) is 5.44. The molecule has 0 atom stereocenters. The summed E-state index contributed by atoms with van der Waals surface area (Å²) in [6, 6.07) is 9.63. The minimum Gasteiger partial charge on any atom is -0.337 e. The lowest BCUT2D eigenvalue weighted by molar-refractivity contribution is 0.0763. The molecule has 10 heteroatoms. The second-order valence-corrected chi connectivity index (χ2v) is 9.23. The monoisotopic (exact) mass is 428 g/mol. The smallest absolute Gasteiger partial charge is 0.257 e. The molecule has 1 aliphatic rings. The number of carbonyl (C=O) groups is 1. The maximum Gasteiger partial charge on any atom is 0.257 e. The highest BCUT2D eigenvalue weighted by Crippen LogP contribution is 2.20. The van der Waals surface area contributed by atoms with Crippen LogP contribution in [-0.4, -0.2) is 69.3 Å². The van der Waals surface area contributed by atoms with Crippen molar-refractivity contribution >= 4 is 15.9 Å². The molecule has 1 amide bonds. The molecule has 0 aliphatic carbocycles. The zero-order valence-corrected chi connectivity index (χ0v) is 17.8. The van der Waals surface area contributed by atoms with Crippen LogP contribution in [0.2, 0.25) is 0 Å². The van der Waals surface area contributed by atoms with Crippen LogP contribution in [0.4, 0.5) is 0 Å². The van der Waals surface area contributed by atoms with Gasteiger partial charge >= 0.3 is 0 Å². The molecule has 1 aliphatic heterocycles. The lowest BCUT2D eigenvalue weighted by Crippen LogP contribution is -2.37. The number of para-hydroxylation sites is 1. The number of rotatable bonds is 4. The molecule has 1 saturated heterocycles. The van der Waals surface area contributed by atoms with Gasteiger partial charge in [0.05, 0.1) is 29.3 Å². The predicted octanol–water partition coefficient (Wildman–Crippen LogP) is 1.45. The summed E-state index contributed by atoms with van der Waals surface area (Å²) < 4.78 is 30.4. The number of aromatic nitrogens is 4. The fourth-order valence-corrected chi connectivity index (χ4v) is 5.09. The molecule has 1 fully saturated rings. The molecule has 3 heterocycles. The van der Waals surface area contributed by atoms with Crippen molar-refractivity contribution in [2.75, 3.05) is 26.2 Å². The zero-order valence-electron chi connectivity index (χ0n) is 17.0. The number of hydrogen-bond acceptors (Lipinski definition) is 5. The number of amides is 1. The minimum atomic E-state index is -3.62. The zero-order chi connectivity index (χ0) is 21.3. The summed E-state index contributed by atoms with van der Waals surface area (Å²) in [6.07, 6.45) is 4.99. The molecule has 30 heavy (non-hydrogen) atoms. The van der Waals surface area contributed by atoms with Gasteiger partial charge in [-0.15, -0.1) is 0 Å². The number of aryl methyl sites for hydroxylation is 1. The first-order valence-corrected chi connectivity index (χ1v) is 11.2. The molecule has 1 aromatic carbocycles. The summed E-state index contributed by atoms with van der Waals surface area (Å²) in [5.74, 6) is -0.129. The Bertz CT molecular complexity index is 1150.